The summed E-state index contributed by atoms with van der Waals surface area (Å²) in [5, 5.41) is 7.07. The van der Waals surface area contributed by atoms with Crippen LogP contribution in [0.5, 0.6) is 0 Å². The fourth-order valence-corrected chi connectivity index (χ4v) is 3.56. The molecule has 0 aliphatic heterocycles. The first-order chi connectivity index (χ1) is 11.6. The number of amides is 1. The summed E-state index contributed by atoms with van der Waals surface area (Å²) in [6.07, 6.45) is 2.24. The van der Waals surface area contributed by atoms with Crippen molar-refractivity contribution in [3.8, 4) is 11.3 Å². The van der Waals surface area contributed by atoms with Crippen LogP contribution >= 0.6 is 0 Å². The van der Waals surface area contributed by atoms with E-state index in [1.165, 1.54) is 0 Å². The molecule has 0 saturated heterocycles. The lowest BCUT2D eigenvalue weighted by Crippen LogP contribution is -2.29. The molecule has 4 rings (SSSR count). The summed E-state index contributed by atoms with van der Waals surface area (Å²) in [5.74, 6) is 2.06. The van der Waals surface area contributed by atoms with Crippen molar-refractivity contribution in [1.82, 2.24) is 10.5 Å². The minimum Gasteiger partial charge on any atom is -0.356 e. The average Bonchev–Trinajstić information content (AvgIpc) is 3.27. The first-order valence-corrected chi connectivity index (χ1v) is 8.43. The summed E-state index contributed by atoms with van der Waals surface area (Å²) in [7, 11) is 0. The molecule has 5 nitrogen and oxygen atoms in total. The van der Waals surface area contributed by atoms with Crippen LogP contribution in [0.4, 0.5) is 0 Å². The van der Waals surface area contributed by atoms with Crippen LogP contribution in [0.2, 0.25) is 0 Å². The molecule has 2 aromatic rings. The van der Waals surface area contributed by atoms with Crippen molar-refractivity contribution in [2.75, 3.05) is 0 Å². The number of nitrogens with one attached hydrogen (secondary N) is 1. The predicted octanol–water partition coefficient (Wildman–Crippen LogP) is 2.88. The van der Waals surface area contributed by atoms with Crippen molar-refractivity contribution in [2.24, 2.45) is 17.8 Å². The Balaban J connectivity index is 1.34. The summed E-state index contributed by atoms with van der Waals surface area (Å²) >= 11 is 0. The van der Waals surface area contributed by atoms with Crippen LogP contribution in [0, 0.1) is 24.7 Å². The molecule has 2 atom stereocenters. The SMILES string of the molecule is Cc1c(CNC(=O)[C@@H]2C[C@H]2C2CC(=O)C2)noc1-c1ccccc1. The lowest BCUT2D eigenvalue weighted by molar-refractivity contribution is -0.129. The molecule has 0 spiro atoms. The van der Waals surface area contributed by atoms with Crippen LogP contribution in [-0.4, -0.2) is 16.8 Å². The van der Waals surface area contributed by atoms with Gasteiger partial charge in [0.15, 0.2) is 5.76 Å². The number of nitrogens with zero attached hydrogens (tertiary/aromatic N) is 1. The van der Waals surface area contributed by atoms with Crippen LogP contribution in [0.3, 0.4) is 0 Å². The fourth-order valence-electron chi connectivity index (χ4n) is 3.56. The van der Waals surface area contributed by atoms with Crippen LogP contribution in [0.25, 0.3) is 11.3 Å². The van der Waals surface area contributed by atoms with Crippen molar-refractivity contribution in [1.29, 1.82) is 0 Å². The molecule has 1 aromatic carbocycles. The van der Waals surface area contributed by atoms with Gasteiger partial charge in [0.2, 0.25) is 5.91 Å². The van der Waals surface area contributed by atoms with Gasteiger partial charge in [-0.05, 0) is 25.2 Å². The van der Waals surface area contributed by atoms with Gasteiger partial charge in [0.1, 0.15) is 11.5 Å². The number of carbonyl (C=O) groups excluding carboxylic acids is 2. The van der Waals surface area contributed by atoms with Gasteiger partial charge in [-0.1, -0.05) is 35.5 Å². The number of aromatic nitrogens is 1. The molecule has 1 amide bonds. The molecule has 2 fully saturated rings. The average molecular weight is 324 g/mol. The van der Waals surface area contributed by atoms with E-state index in [9.17, 15) is 9.59 Å². The standard InChI is InChI=1S/C19H20N2O3/c1-11-17(21-24-18(11)12-5-3-2-4-6-12)10-20-19(23)16-9-15(16)13-7-14(22)8-13/h2-6,13,15-16H,7-10H2,1H3,(H,20,23)/t15-,16+/m0/s1. The zero-order chi connectivity index (χ0) is 16.7. The third-order valence-electron chi connectivity index (χ3n) is 5.25. The summed E-state index contributed by atoms with van der Waals surface area (Å²) in [5.41, 5.74) is 2.70. The maximum atomic E-state index is 12.2. The molecular weight excluding hydrogens is 304 g/mol. The third-order valence-corrected chi connectivity index (χ3v) is 5.25. The molecule has 0 bridgehead atoms. The largest absolute Gasteiger partial charge is 0.356 e. The van der Waals surface area contributed by atoms with Gasteiger partial charge in [0.25, 0.3) is 0 Å². The molecule has 5 heteroatoms. The Labute approximate surface area is 140 Å². The molecule has 2 aliphatic rings. The number of hydrogen-bond acceptors (Lipinski definition) is 4. The van der Waals surface area contributed by atoms with E-state index >= 15 is 0 Å². The van der Waals surface area contributed by atoms with E-state index in [1.807, 2.05) is 37.3 Å². The summed E-state index contributed by atoms with van der Waals surface area (Å²) in [4.78, 5) is 23.3. The van der Waals surface area contributed by atoms with Gasteiger partial charge in [-0.3, -0.25) is 9.59 Å². The Morgan fingerprint density at radius 2 is 2.04 bits per heavy atom. The Morgan fingerprint density at radius 1 is 1.29 bits per heavy atom. The number of ketones is 1. The molecule has 1 heterocycles. The van der Waals surface area contributed by atoms with Crippen molar-refractivity contribution >= 4 is 11.7 Å². The first kappa shape index (κ1) is 15.1. The highest BCUT2D eigenvalue weighted by Gasteiger charge is 2.51. The number of carbonyl (C=O) groups is 2. The lowest BCUT2D eigenvalue weighted by Gasteiger charge is -2.23. The van der Waals surface area contributed by atoms with Gasteiger partial charge >= 0.3 is 0 Å². The van der Waals surface area contributed by atoms with Gasteiger partial charge in [-0.15, -0.1) is 0 Å². The Morgan fingerprint density at radius 3 is 2.75 bits per heavy atom. The molecule has 124 valence electrons. The van der Waals surface area contributed by atoms with Crippen LogP contribution < -0.4 is 5.32 Å². The highest BCUT2D eigenvalue weighted by atomic mass is 16.5. The van der Waals surface area contributed by atoms with Crippen LogP contribution in [0.15, 0.2) is 34.9 Å². The number of hydrogen-bond donors (Lipinski definition) is 1. The predicted molar refractivity (Wildman–Crippen MR) is 87.9 cm³/mol. The molecule has 1 N–H and O–H groups in total. The molecule has 0 unspecified atom stereocenters. The van der Waals surface area contributed by atoms with Gasteiger partial charge in [0, 0.05) is 29.9 Å². The van der Waals surface area contributed by atoms with E-state index in [0.29, 0.717) is 37.0 Å². The monoisotopic (exact) mass is 324 g/mol. The quantitative estimate of drug-likeness (QED) is 0.918. The van der Waals surface area contributed by atoms with Crippen molar-refractivity contribution in [3.63, 3.8) is 0 Å². The lowest BCUT2D eigenvalue weighted by atomic mass is 9.79. The van der Waals surface area contributed by atoms with Gasteiger partial charge < -0.3 is 9.84 Å². The summed E-state index contributed by atoms with van der Waals surface area (Å²) < 4.78 is 5.45. The molecule has 2 saturated carbocycles. The van der Waals surface area contributed by atoms with Crippen LogP contribution in [0.1, 0.15) is 30.5 Å². The second-order valence-corrected chi connectivity index (χ2v) is 6.88. The van der Waals surface area contributed by atoms with E-state index in [2.05, 4.69) is 10.5 Å². The van der Waals surface area contributed by atoms with E-state index < -0.39 is 0 Å². The highest BCUT2D eigenvalue weighted by molar-refractivity contribution is 5.86. The van der Waals surface area contributed by atoms with Gasteiger partial charge in [-0.2, -0.15) is 0 Å². The Kier molecular flexibility index (Phi) is 3.71. The topological polar surface area (TPSA) is 72.2 Å². The van der Waals surface area contributed by atoms with Gasteiger partial charge in [0.05, 0.1) is 6.54 Å². The van der Waals surface area contributed by atoms with Crippen molar-refractivity contribution < 1.29 is 14.1 Å². The summed E-state index contributed by atoms with van der Waals surface area (Å²) in [6, 6.07) is 9.82. The Hall–Kier alpha value is -2.43. The van der Waals surface area contributed by atoms with Gasteiger partial charge in [-0.25, -0.2) is 0 Å². The zero-order valence-electron chi connectivity index (χ0n) is 13.6. The van der Waals surface area contributed by atoms with Crippen LogP contribution in [-0.2, 0) is 16.1 Å². The zero-order valence-corrected chi connectivity index (χ0v) is 13.6. The summed E-state index contributed by atoms with van der Waals surface area (Å²) in [6.45, 7) is 2.34. The molecule has 2 aliphatic carbocycles. The van der Waals surface area contributed by atoms with E-state index in [-0.39, 0.29) is 11.8 Å². The Bertz CT molecular complexity index is 773. The fraction of sp³-hybridized carbons (Fsp3) is 0.421. The van der Waals surface area contributed by atoms with E-state index in [4.69, 9.17) is 4.52 Å². The van der Waals surface area contributed by atoms with Crippen molar-refractivity contribution in [3.05, 3.63) is 41.6 Å². The third kappa shape index (κ3) is 2.75. The minimum atomic E-state index is 0.0722. The molecule has 1 aromatic heterocycles. The smallest absolute Gasteiger partial charge is 0.223 e. The normalized spacial score (nSPS) is 23.0. The van der Waals surface area contributed by atoms with E-state index in [0.717, 1.165) is 29.0 Å². The maximum absolute atomic E-state index is 12.2. The second kappa shape index (κ2) is 5.89. The molecule has 0 radical (unpaired) electrons. The first-order valence-electron chi connectivity index (χ1n) is 8.43. The number of benzene rings is 1. The number of rotatable bonds is 5. The molecule has 24 heavy (non-hydrogen) atoms. The highest BCUT2D eigenvalue weighted by Crippen LogP contribution is 2.50. The maximum Gasteiger partial charge on any atom is 0.223 e. The molecular formula is C19H20N2O3. The van der Waals surface area contributed by atoms with E-state index in [1.54, 1.807) is 0 Å². The van der Waals surface area contributed by atoms with Crippen molar-refractivity contribution in [2.45, 2.75) is 32.7 Å². The second-order valence-electron chi connectivity index (χ2n) is 6.88. The minimum absolute atomic E-state index is 0.0722. The number of Topliss-reactive ketones (excluding diaryl/α,β-unsaturated/α-hetero) is 1.